The molecule has 0 aliphatic carbocycles. The molecule has 0 saturated heterocycles. The smallest absolute Gasteiger partial charge is 0.191 e. The van der Waals surface area contributed by atoms with Gasteiger partial charge in [-0.05, 0) is 25.0 Å². The first-order valence-electron chi connectivity index (χ1n) is 7.28. The number of likely N-dealkylation sites (N-methyl/N-ethyl adjacent to an activating group) is 1. The van der Waals surface area contributed by atoms with Crippen LogP contribution in [0.3, 0.4) is 0 Å². The highest BCUT2D eigenvalue weighted by Crippen LogP contribution is 2.09. The molecule has 4 nitrogen and oxygen atoms in total. The highest BCUT2D eigenvalue weighted by Gasteiger charge is 2.08. The van der Waals surface area contributed by atoms with Crippen LogP contribution in [0.4, 0.5) is 5.69 Å². The van der Waals surface area contributed by atoms with Crippen molar-refractivity contribution in [3.05, 3.63) is 30.3 Å². The fourth-order valence-corrected chi connectivity index (χ4v) is 1.73. The minimum atomic E-state index is 0.410. The predicted octanol–water partition coefficient (Wildman–Crippen LogP) is 2.33. The Labute approximate surface area is 123 Å². The van der Waals surface area contributed by atoms with Gasteiger partial charge in [-0.25, -0.2) is 0 Å². The Morgan fingerprint density at radius 2 is 1.85 bits per heavy atom. The highest BCUT2D eigenvalue weighted by atomic mass is 15.2. The molecule has 1 rings (SSSR count). The molecule has 4 heteroatoms. The zero-order chi connectivity index (χ0) is 15.0. The summed E-state index contributed by atoms with van der Waals surface area (Å²) in [5.41, 5.74) is 1.23. The number of aliphatic imine (C=N–C) groups is 1. The highest BCUT2D eigenvalue weighted by molar-refractivity contribution is 5.79. The van der Waals surface area contributed by atoms with Crippen LogP contribution < -0.4 is 15.5 Å². The van der Waals surface area contributed by atoms with E-state index in [9.17, 15) is 0 Å². The van der Waals surface area contributed by atoms with Gasteiger partial charge in [0.05, 0.1) is 0 Å². The van der Waals surface area contributed by atoms with Crippen molar-refractivity contribution < 1.29 is 0 Å². The zero-order valence-corrected chi connectivity index (χ0v) is 13.4. The van der Waals surface area contributed by atoms with E-state index in [1.165, 1.54) is 5.69 Å². The lowest BCUT2D eigenvalue weighted by molar-refractivity contribution is 0.481. The molecule has 1 atom stereocenters. The fraction of sp³-hybridized carbons (Fsp3) is 0.562. The van der Waals surface area contributed by atoms with Crippen LogP contribution in [0.5, 0.6) is 0 Å². The summed E-state index contributed by atoms with van der Waals surface area (Å²) in [7, 11) is 3.91. The van der Waals surface area contributed by atoms with Crippen LogP contribution in [0, 0.1) is 5.92 Å². The number of hydrogen-bond acceptors (Lipinski definition) is 2. The Bertz CT molecular complexity index is 400. The summed E-state index contributed by atoms with van der Waals surface area (Å²) in [4.78, 5) is 6.48. The van der Waals surface area contributed by atoms with Crippen LogP contribution in [-0.4, -0.2) is 39.2 Å². The first kappa shape index (κ1) is 16.3. The van der Waals surface area contributed by atoms with Gasteiger partial charge in [-0.2, -0.15) is 0 Å². The quantitative estimate of drug-likeness (QED) is 0.619. The number of anilines is 1. The van der Waals surface area contributed by atoms with Gasteiger partial charge in [0.1, 0.15) is 0 Å². The maximum Gasteiger partial charge on any atom is 0.191 e. The summed E-state index contributed by atoms with van der Waals surface area (Å²) < 4.78 is 0. The summed E-state index contributed by atoms with van der Waals surface area (Å²) in [6.07, 6.45) is 0. The largest absolute Gasteiger partial charge is 0.373 e. The van der Waals surface area contributed by atoms with Crippen LogP contribution in [0.1, 0.15) is 20.8 Å². The van der Waals surface area contributed by atoms with E-state index in [2.05, 4.69) is 72.6 Å². The Morgan fingerprint density at radius 3 is 2.40 bits per heavy atom. The third kappa shape index (κ3) is 5.51. The number of guanidine groups is 1. The predicted molar refractivity (Wildman–Crippen MR) is 88.5 cm³/mol. The lowest BCUT2D eigenvalue weighted by Crippen LogP contribution is -2.46. The lowest BCUT2D eigenvalue weighted by atomic mass is 10.1. The topological polar surface area (TPSA) is 39.7 Å². The second kappa shape index (κ2) is 8.46. The van der Waals surface area contributed by atoms with E-state index >= 15 is 0 Å². The summed E-state index contributed by atoms with van der Waals surface area (Å²) in [5.74, 6) is 1.45. The van der Waals surface area contributed by atoms with Crippen LogP contribution in [0.2, 0.25) is 0 Å². The molecule has 20 heavy (non-hydrogen) atoms. The van der Waals surface area contributed by atoms with Gasteiger partial charge in [-0.1, -0.05) is 32.0 Å². The summed E-state index contributed by atoms with van der Waals surface area (Å²) in [6.45, 7) is 8.37. The van der Waals surface area contributed by atoms with Gasteiger partial charge in [0.25, 0.3) is 0 Å². The van der Waals surface area contributed by atoms with E-state index in [-0.39, 0.29) is 0 Å². The van der Waals surface area contributed by atoms with E-state index < -0.39 is 0 Å². The number of para-hydroxylation sites is 1. The SMILES string of the molecule is CN=C(NCCN(C)c1ccccc1)NC(C)C(C)C. The van der Waals surface area contributed by atoms with Crippen molar-refractivity contribution in [3.8, 4) is 0 Å². The minimum Gasteiger partial charge on any atom is -0.373 e. The van der Waals surface area contributed by atoms with E-state index in [1.54, 1.807) is 0 Å². The monoisotopic (exact) mass is 276 g/mol. The standard InChI is InChI=1S/C16H28N4/c1-13(2)14(3)19-16(17-4)18-11-12-20(5)15-9-7-6-8-10-15/h6-10,13-14H,11-12H2,1-5H3,(H2,17,18,19). The molecule has 0 spiro atoms. The van der Waals surface area contributed by atoms with Gasteiger partial charge in [-0.3, -0.25) is 4.99 Å². The van der Waals surface area contributed by atoms with Crippen molar-refractivity contribution in [2.75, 3.05) is 32.1 Å². The first-order chi connectivity index (χ1) is 9.54. The molecule has 0 aromatic heterocycles. The minimum absolute atomic E-state index is 0.410. The molecular weight excluding hydrogens is 248 g/mol. The van der Waals surface area contributed by atoms with Crippen LogP contribution in [0.15, 0.2) is 35.3 Å². The van der Waals surface area contributed by atoms with Gasteiger partial charge in [0.2, 0.25) is 0 Å². The third-order valence-electron chi connectivity index (χ3n) is 3.52. The van der Waals surface area contributed by atoms with Gasteiger partial charge in [-0.15, -0.1) is 0 Å². The molecule has 112 valence electrons. The van der Waals surface area contributed by atoms with Gasteiger partial charge >= 0.3 is 0 Å². The van der Waals surface area contributed by atoms with Gasteiger partial charge in [0, 0.05) is 38.9 Å². The van der Waals surface area contributed by atoms with Crippen LogP contribution >= 0.6 is 0 Å². The molecule has 0 amide bonds. The van der Waals surface area contributed by atoms with E-state index in [4.69, 9.17) is 0 Å². The Morgan fingerprint density at radius 1 is 1.20 bits per heavy atom. The van der Waals surface area contributed by atoms with Crippen LogP contribution in [-0.2, 0) is 0 Å². The molecule has 1 aromatic rings. The van der Waals surface area contributed by atoms with Crippen molar-refractivity contribution in [3.63, 3.8) is 0 Å². The number of nitrogens with zero attached hydrogens (tertiary/aromatic N) is 2. The number of rotatable bonds is 6. The molecule has 0 aliphatic heterocycles. The molecular formula is C16H28N4. The fourth-order valence-electron chi connectivity index (χ4n) is 1.73. The maximum atomic E-state index is 4.26. The zero-order valence-electron chi connectivity index (χ0n) is 13.4. The number of nitrogens with one attached hydrogen (secondary N) is 2. The summed E-state index contributed by atoms with van der Waals surface area (Å²) >= 11 is 0. The number of hydrogen-bond donors (Lipinski definition) is 2. The molecule has 0 saturated carbocycles. The van der Waals surface area contributed by atoms with Crippen molar-refractivity contribution in [1.29, 1.82) is 0 Å². The summed E-state index contributed by atoms with van der Waals surface area (Å²) in [5, 5.41) is 6.75. The normalized spacial score (nSPS) is 13.2. The van der Waals surface area contributed by atoms with E-state index in [1.807, 2.05) is 13.1 Å². The first-order valence-corrected chi connectivity index (χ1v) is 7.28. The average molecular weight is 276 g/mol. The van der Waals surface area contributed by atoms with Crippen molar-refractivity contribution in [2.45, 2.75) is 26.8 Å². The molecule has 2 N–H and O–H groups in total. The second-order valence-electron chi connectivity index (χ2n) is 5.43. The maximum absolute atomic E-state index is 4.26. The summed E-state index contributed by atoms with van der Waals surface area (Å²) in [6, 6.07) is 10.8. The lowest BCUT2D eigenvalue weighted by Gasteiger charge is -2.23. The molecule has 1 aromatic carbocycles. The molecule has 1 unspecified atom stereocenters. The number of benzene rings is 1. The average Bonchev–Trinajstić information content (AvgIpc) is 2.46. The third-order valence-corrected chi connectivity index (χ3v) is 3.52. The van der Waals surface area contributed by atoms with Gasteiger partial charge < -0.3 is 15.5 Å². The Balaban J connectivity index is 2.35. The molecule has 0 fully saturated rings. The molecule has 0 bridgehead atoms. The van der Waals surface area contributed by atoms with Crippen molar-refractivity contribution in [1.82, 2.24) is 10.6 Å². The van der Waals surface area contributed by atoms with Gasteiger partial charge in [0.15, 0.2) is 5.96 Å². The molecule has 0 aliphatic rings. The van der Waals surface area contributed by atoms with E-state index in [0.717, 1.165) is 19.0 Å². The second-order valence-corrected chi connectivity index (χ2v) is 5.43. The van der Waals surface area contributed by atoms with Crippen molar-refractivity contribution >= 4 is 11.6 Å². The van der Waals surface area contributed by atoms with Crippen LogP contribution in [0.25, 0.3) is 0 Å². The Hall–Kier alpha value is -1.71. The van der Waals surface area contributed by atoms with E-state index in [0.29, 0.717) is 12.0 Å². The molecule has 0 heterocycles. The Kier molecular flexibility index (Phi) is 6.91. The van der Waals surface area contributed by atoms with Crippen molar-refractivity contribution in [2.24, 2.45) is 10.9 Å². The molecule has 0 radical (unpaired) electrons.